The lowest BCUT2D eigenvalue weighted by molar-refractivity contribution is -0.169. The average Bonchev–Trinajstić information content (AvgIpc) is 2.43. The first kappa shape index (κ1) is 16.8. The fourth-order valence-electron chi connectivity index (χ4n) is 6.94. The second kappa shape index (κ2) is 6.28. The van der Waals surface area contributed by atoms with Crippen LogP contribution in [0.15, 0.2) is 0 Å². The van der Waals surface area contributed by atoms with Gasteiger partial charge < -0.3 is 15.3 Å². The van der Waals surface area contributed by atoms with Gasteiger partial charge in [-0.25, -0.2) is 0 Å². The van der Waals surface area contributed by atoms with Crippen LogP contribution in [0.2, 0.25) is 0 Å². The summed E-state index contributed by atoms with van der Waals surface area (Å²) in [5.41, 5.74) is -0.342. The number of carbonyl (C=O) groups excluding carboxylic acids is 1. The summed E-state index contributed by atoms with van der Waals surface area (Å²) in [6, 6.07) is 0. The normalized spacial score (nSPS) is 44.7. The number of nitrogens with zero attached hydrogens (tertiary/aromatic N) is 1. The second-order valence-electron chi connectivity index (χ2n) is 9.77. The van der Waals surface area contributed by atoms with Crippen LogP contribution in [0.3, 0.4) is 0 Å². The van der Waals surface area contributed by atoms with Gasteiger partial charge in [-0.15, -0.1) is 0 Å². The van der Waals surface area contributed by atoms with Crippen LogP contribution >= 0.6 is 0 Å². The van der Waals surface area contributed by atoms with Crippen LogP contribution < -0.4 is 5.32 Å². The van der Waals surface area contributed by atoms with Gasteiger partial charge >= 0.3 is 0 Å². The van der Waals surface area contributed by atoms with E-state index in [1.165, 1.54) is 45.2 Å². The van der Waals surface area contributed by atoms with Gasteiger partial charge in [0.1, 0.15) is 0 Å². The van der Waals surface area contributed by atoms with Crippen LogP contribution in [0, 0.1) is 23.2 Å². The molecule has 1 saturated heterocycles. The minimum atomic E-state index is -0.447. The summed E-state index contributed by atoms with van der Waals surface area (Å²) >= 11 is 0. The van der Waals surface area contributed by atoms with Crippen molar-refractivity contribution in [3.05, 3.63) is 0 Å². The SMILES string of the molecule is CN1CCC[C@@H](CCNC(=O)CC23C[C@H]4C[C@@H](CC(O)(C4)C2)C3)C1. The van der Waals surface area contributed by atoms with Gasteiger partial charge in [0, 0.05) is 19.5 Å². The Hall–Kier alpha value is -0.610. The van der Waals surface area contributed by atoms with E-state index >= 15 is 0 Å². The molecule has 0 spiro atoms. The molecule has 4 aliphatic carbocycles. The van der Waals surface area contributed by atoms with E-state index in [2.05, 4.69) is 17.3 Å². The number of rotatable bonds is 5. The fourth-order valence-corrected chi connectivity index (χ4v) is 6.94. The van der Waals surface area contributed by atoms with Gasteiger partial charge in [-0.3, -0.25) is 4.79 Å². The van der Waals surface area contributed by atoms with E-state index in [0.717, 1.165) is 38.1 Å². The summed E-state index contributed by atoms with van der Waals surface area (Å²) in [5, 5.41) is 14.0. The van der Waals surface area contributed by atoms with E-state index in [-0.39, 0.29) is 11.3 Å². The quantitative estimate of drug-likeness (QED) is 0.812. The molecule has 0 unspecified atom stereocenters. The van der Waals surface area contributed by atoms with Crippen LogP contribution in [0.1, 0.15) is 64.2 Å². The van der Waals surface area contributed by atoms with E-state index in [1.807, 2.05) is 0 Å². The zero-order valence-corrected chi connectivity index (χ0v) is 15.2. The summed E-state index contributed by atoms with van der Waals surface area (Å²) in [6.45, 7) is 3.22. The molecule has 5 rings (SSSR count). The third-order valence-electron chi connectivity index (χ3n) is 7.28. The minimum absolute atomic E-state index is 0.105. The molecule has 0 aromatic heterocycles. The highest BCUT2D eigenvalue weighted by Gasteiger charge is 2.57. The molecule has 5 aliphatic rings. The van der Waals surface area contributed by atoms with E-state index in [9.17, 15) is 9.90 Å². The Morgan fingerprint density at radius 2 is 2.00 bits per heavy atom. The summed E-state index contributed by atoms with van der Waals surface area (Å²) < 4.78 is 0. The number of carbonyl (C=O) groups is 1. The molecule has 136 valence electrons. The highest BCUT2D eigenvalue weighted by atomic mass is 16.3. The Morgan fingerprint density at radius 1 is 1.25 bits per heavy atom. The van der Waals surface area contributed by atoms with Crippen molar-refractivity contribution in [2.45, 2.75) is 69.8 Å². The standard InChI is InChI=1S/C20H34N2O2/c1-22-6-2-3-15(13-22)4-5-21-18(23)12-19-8-16-7-17(9-19)11-20(24,10-16)14-19/h15-17,24H,2-14H2,1H3,(H,21,23)/t15-,16+,17+,19?,20?/m0/s1. The van der Waals surface area contributed by atoms with Crippen molar-refractivity contribution in [1.82, 2.24) is 10.2 Å². The van der Waals surface area contributed by atoms with Gasteiger partial charge in [0.25, 0.3) is 0 Å². The van der Waals surface area contributed by atoms with Crippen molar-refractivity contribution >= 4 is 5.91 Å². The molecule has 24 heavy (non-hydrogen) atoms. The number of hydrogen-bond acceptors (Lipinski definition) is 3. The molecular formula is C20H34N2O2. The van der Waals surface area contributed by atoms with Crippen molar-refractivity contribution in [2.24, 2.45) is 23.2 Å². The summed E-state index contributed by atoms with van der Waals surface area (Å²) in [5.74, 6) is 2.30. The smallest absolute Gasteiger partial charge is 0.220 e. The molecule has 4 heteroatoms. The average molecular weight is 335 g/mol. The fraction of sp³-hybridized carbons (Fsp3) is 0.950. The molecule has 1 aliphatic heterocycles. The number of aliphatic hydroxyl groups is 1. The van der Waals surface area contributed by atoms with Crippen molar-refractivity contribution in [3.8, 4) is 0 Å². The second-order valence-corrected chi connectivity index (χ2v) is 9.77. The Labute approximate surface area is 146 Å². The molecule has 0 aromatic carbocycles. The Bertz CT molecular complexity index is 478. The zero-order chi connectivity index (χ0) is 16.8. The Balaban J connectivity index is 1.26. The van der Waals surface area contributed by atoms with Gasteiger partial charge in [0.05, 0.1) is 5.60 Å². The van der Waals surface area contributed by atoms with Crippen LogP contribution in [0.4, 0.5) is 0 Å². The molecule has 5 fully saturated rings. The van der Waals surface area contributed by atoms with Crippen LogP contribution in [-0.4, -0.2) is 48.2 Å². The monoisotopic (exact) mass is 334 g/mol. The van der Waals surface area contributed by atoms with Crippen molar-refractivity contribution in [2.75, 3.05) is 26.7 Å². The van der Waals surface area contributed by atoms with E-state index in [0.29, 0.717) is 18.3 Å². The molecule has 4 nitrogen and oxygen atoms in total. The van der Waals surface area contributed by atoms with Crippen LogP contribution in [0.25, 0.3) is 0 Å². The molecule has 2 N–H and O–H groups in total. The van der Waals surface area contributed by atoms with Gasteiger partial charge in [-0.05, 0) is 94.5 Å². The maximum Gasteiger partial charge on any atom is 0.220 e. The van der Waals surface area contributed by atoms with Gasteiger partial charge in [0.2, 0.25) is 5.91 Å². The van der Waals surface area contributed by atoms with E-state index in [1.54, 1.807) is 0 Å². The van der Waals surface area contributed by atoms with Crippen molar-refractivity contribution < 1.29 is 9.90 Å². The first-order valence-electron chi connectivity index (χ1n) is 10.1. The largest absolute Gasteiger partial charge is 0.390 e. The predicted molar refractivity (Wildman–Crippen MR) is 94.5 cm³/mol. The topological polar surface area (TPSA) is 52.6 Å². The first-order chi connectivity index (χ1) is 11.4. The molecule has 1 amide bonds. The minimum Gasteiger partial charge on any atom is -0.390 e. The number of amides is 1. The number of nitrogens with one attached hydrogen (secondary N) is 1. The third kappa shape index (κ3) is 3.50. The lowest BCUT2D eigenvalue weighted by Gasteiger charge is -2.60. The number of hydrogen-bond donors (Lipinski definition) is 2. The predicted octanol–water partition coefficient (Wildman–Crippen LogP) is 2.56. The lowest BCUT2D eigenvalue weighted by atomic mass is 9.47. The molecule has 4 saturated carbocycles. The molecule has 0 radical (unpaired) electrons. The molecule has 0 aromatic rings. The first-order valence-corrected chi connectivity index (χ1v) is 10.1. The van der Waals surface area contributed by atoms with E-state index < -0.39 is 5.60 Å². The molecule has 1 heterocycles. The van der Waals surface area contributed by atoms with E-state index in [4.69, 9.17) is 0 Å². The number of piperidine rings is 1. The summed E-state index contributed by atoms with van der Waals surface area (Å²) in [7, 11) is 2.20. The van der Waals surface area contributed by atoms with Gasteiger partial charge in [0.15, 0.2) is 0 Å². The van der Waals surface area contributed by atoms with Gasteiger partial charge in [-0.2, -0.15) is 0 Å². The highest BCUT2D eigenvalue weighted by Crippen LogP contribution is 2.62. The number of likely N-dealkylation sites (tertiary alicyclic amines) is 1. The lowest BCUT2D eigenvalue weighted by Crippen LogP contribution is -2.56. The van der Waals surface area contributed by atoms with Gasteiger partial charge in [-0.1, -0.05) is 0 Å². The summed E-state index contributed by atoms with van der Waals surface area (Å²) in [6.07, 6.45) is 10.8. The maximum atomic E-state index is 12.5. The molecule has 3 atom stereocenters. The Morgan fingerprint density at radius 3 is 2.67 bits per heavy atom. The maximum absolute atomic E-state index is 12.5. The molecular weight excluding hydrogens is 300 g/mol. The van der Waals surface area contributed by atoms with Crippen LogP contribution in [-0.2, 0) is 4.79 Å². The Kier molecular flexibility index (Phi) is 4.41. The van der Waals surface area contributed by atoms with Crippen molar-refractivity contribution in [3.63, 3.8) is 0 Å². The van der Waals surface area contributed by atoms with Crippen molar-refractivity contribution in [1.29, 1.82) is 0 Å². The third-order valence-corrected chi connectivity index (χ3v) is 7.28. The summed E-state index contributed by atoms with van der Waals surface area (Å²) in [4.78, 5) is 14.9. The van der Waals surface area contributed by atoms with Crippen LogP contribution in [0.5, 0.6) is 0 Å². The zero-order valence-electron chi connectivity index (χ0n) is 15.2. The highest BCUT2D eigenvalue weighted by molar-refractivity contribution is 5.76. The molecule has 4 bridgehead atoms.